The van der Waals surface area contributed by atoms with Crippen LogP contribution in [0.3, 0.4) is 0 Å². The second-order valence-corrected chi connectivity index (χ2v) is 3.86. The first-order valence-electron chi connectivity index (χ1n) is 5.52. The van der Waals surface area contributed by atoms with Gasteiger partial charge in [0.15, 0.2) is 0 Å². The Bertz CT molecular complexity index is 504. The number of benzene rings is 1. The van der Waals surface area contributed by atoms with E-state index >= 15 is 0 Å². The van der Waals surface area contributed by atoms with E-state index in [1.165, 1.54) is 26.2 Å². The molecule has 1 aromatic carbocycles. The van der Waals surface area contributed by atoms with Crippen molar-refractivity contribution >= 4 is 12.3 Å². The highest BCUT2D eigenvalue weighted by molar-refractivity contribution is 5.90. The largest absolute Gasteiger partial charge is 0.451 e. The molecule has 3 heteroatoms. The zero-order valence-corrected chi connectivity index (χ0v) is 9.64. The van der Waals surface area contributed by atoms with Crippen LogP contribution in [0.2, 0.25) is 0 Å². The van der Waals surface area contributed by atoms with Crippen LogP contribution in [0.25, 0.3) is 0 Å². The lowest BCUT2D eigenvalue weighted by Crippen LogP contribution is -1.95. The van der Waals surface area contributed by atoms with Crippen LogP contribution < -0.4 is 0 Å². The average molecular weight is 227 g/mol. The third-order valence-electron chi connectivity index (χ3n) is 2.43. The van der Waals surface area contributed by atoms with E-state index in [0.717, 1.165) is 11.1 Å². The Morgan fingerprint density at radius 2 is 2.24 bits per heavy atom. The quantitative estimate of drug-likeness (QED) is 0.546. The molecule has 0 bridgehead atoms. The van der Waals surface area contributed by atoms with Crippen LogP contribution in [0, 0.1) is 17.8 Å². The zero-order valence-electron chi connectivity index (χ0n) is 9.64. The van der Waals surface area contributed by atoms with Crippen LogP contribution in [0.4, 0.5) is 4.79 Å². The van der Waals surface area contributed by atoms with Gasteiger partial charge in [0.2, 0.25) is 0 Å². The molecular weight excluding hydrogens is 214 g/mol. The van der Waals surface area contributed by atoms with Gasteiger partial charge in [-0.25, -0.2) is 4.79 Å². The molecule has 0 atom stereocenters. The molecular formula is C14H13NO2. The Kier molecular flexibility index (Phi) is 3.56. The topological polar surface area (TPSA) is 38.7 Å². The van der Waals surface area contributed by atoms with Crippen LogP contribution in [0.15, 0.2) is 29.3 Å². The number of carbonyl (C=O) groups is 1. The fraction of sp³-hybridized carbons (Fsp3) is 0.286. The van der Waals surface area contributed by atoms with Gasteiger partial charge in [0.05, 0.1) is 7.11 Å². The van der Waals surface area contributed by atoms with E-state index < -0.39 is 6.09 Å². The Morgan fingerprint density at radius 3 is 2.94 bits per heavy atom. The molecule has 0 N–H and O–H groups in total. The summed E-state index contributed by atoms with van der Waals surface area (Å²) in [5.74, 6) is 6.87. The lowest BCUT2D eigenvalue weighted by atomic mass is 10.1. The van der Waals surface area contributed by atoms with Gasteiger partial charge in [-0.3, -0.25) is 0 Å². The van der Waals surface area contributed by atoms with Crippen LogP contribution in [-0.2, 0) is 4.74 Å². The first kappa shape index (κ1) is 11.4. The molecule has 1 amide bonds. The Morgan fingerprint density at radius 1 is 1.47 bits per heavy atom. The van der Waals surface area contributed by atoms with E-state index in [4.69, 9.17) is 0 Å². The minimum Gasteiger partial charge on any atom is -0.451 e. The summed E-state index contributed by atoms with van der Waals surface area (Å²) in [6.07, 6.45) is 3.29. The Balaban J connectivity index is 2.18. The van der Waals surface area contributed by atoms with Crippen LogP contribution in [0.1, 0.15) is 24.0 Å². The second-order valence-electron chi connectivity index (χ2n) is 3.86. The van der Waals surface area contributed by atoms with E-state index in [1.807, 2.05) is 24.3 Å². The van der Waals surface area contributed by atoms with Crippen LogP contribution in [0.5, 0.6) is 0 Å². The van der Waals surface area contributed by atoms with Crippen molar-refractivity contribution in [3.05, 3.63) is 35.4 Å². The summed E-state index contributed by atoms with van der Waals surface area (Å²) in [6, 6.07) is 7.62. The van der Waals surface area contributed by atoms with Gasteiger partial charge >= 0.3 is 6.09 Å². The number of hydrogen-bond donors (Lipinski definition) is 0. The molecule has 17 heavy (non-hydrogen) atoms. The van der Waals surface area contributed by atoms with Crippen molar-refractivity contribution < 1.29 is 9.53 Å². The summed E-state index contributed by atoms with van der Waals surface area (Å²) in [5, 5.41) is 0. The van der Waals surface area contributed by atoms with Crippen molar-refractivity contribution in [2.45, 2.75) is 12.8 Å². The molecule has 1 aliphatic carbocycles. The maximum absolute atomic E-state index is 10.9. The number of methoxy groups -OCH3 is 1. The minimum atomic E-state index is -0.602. The van der Waals surface area contributed by atoms with E-state index in [-0.39, 0.29) is 0 Å². The van der Waals surface area contributed by atoms with Gasteiger partial charge < -0.3 is 4.74 Å². The van der Waals surface area contributed by atoms with Crippen molar-refractivity contribution in [2.75, 3.05) is 7.11 Å². The average Bonchev–Trinajstić information content (AvgIpc) is 3.18. The van der Waals surface area contributed by atoms with Crippen molar-refractivity contribution in [1.29, 1.82) is 0 Å². The summed E-state index contributed by atoms with van der Waals surface area (Å²) in [5.41, 5.74) is 1.73. The Labute approximate surface area is 101 Å². The molecule has 0 aromatic heterocycles. The molecule has 0 radical (unpaired) electrons. The molecule has 0 saturated heterocycles. The van der Waals surface area contributed by atoms with Crippen molar-refractivity contribution in [3.8, 4) is 11.8 Å². The summed E-state index contributed by atoms with van der Waals surface area (Å²) in [4.78, 5) is 14.6. The van der Waals surface area contributed by atoms with Crippen molar-refractivity contribution in [2.24, 2.45) is 10.9 Å². The number of hydrogen-bond acceptors (Lipinski definition) is 2. The lowest BCUT2D eigenvalue weighted by molar-refractivity contribution is 0.183. The normalized spacial score (nSPS) is 14.2. The number of nitrogens with zero attached hydrogens (tertiary/aromatic N) is 1. The van der Waals surface area contributed by atoms with E-state index in [1.54, 1.807) is 0 Å². The van der Waals surface area contributed by atoms with Crippen molar-refractivity contribution in [3.63, 3.8) is 0 Å². The first-order valence-corrected chi connectivity index (χ1v) is 5.52. The molecule has 86 valence electrons. The summed E-state index contributed by atoms with van der Waals surface area (Å²) in [7, 11) is 1.30. The second kappa shape index (κ2) is 5.31. The van der Waals surface area contributed by atoms with E-state index in [0.29, 0.717) is 5.92 Å². The van der Waals surface area contributed by atoms with Gasteiger partial charge in [0.25, 0.3) is 0 Å². The highest BCUT2D eigenvalue weighted by Gasteiger charge is 2.17. The smallest absolute Gasteiger partial charge is 0.433 e. The van der Waals surface area contributed by atoms with E-state index in [2.05, 4.69) is 21.6 Å². The third kappa shape index (κ3) is 3.46. The van der Waals surface area contributed by atoms with E-state index in [9.17, 15) is 4.79 Å². The standard InChI is InChI=1S/C14H13NO2/c1-17-14(16)15-10-13-5-3-2-4-12(13)9-8-11-6-7-11/h2-5,10-11H,6-7H2,1H3/b15-10+. The van der Waals surface area contributed by atoms with Crippen LogP contribution >= 0.6 is 0 Å². The molecule has 2 rings (SSSR count). The van der Waals surface area contributed by atoms with Gasteiger partial charge in [0, 0.05) is 23.3 Å². The summed E-state index contributed by atoms with van der Waals surface area (Å²) in [6.45, 7) is 0. The zero-order chi connectivity index (χ0) is 12.1. The first-order chi connectivity index (χ1) is 8.29. The number of rotatable bonds is 1. The van der Waals surface area contributed by atoms with Crippen molar-refractivity contribution in [1.82, 2.24) is 0 Å². The number of carbonyl (C=O) groups excluding carboxylic acids is 1. The fourth-order valence-corrected chi connectivity index (χ4v) is 1.31. The number of amides is 1. The summed E-state index contributed by atoms with van der Waals surface area (Å²) < 4.78 is 4.45. The fourth-order valence-electron chi connectivity index (χ4n) is 1.31. The molecule has 1 aromatic rings. The third-order valence-corrected chi connectivity index (χ3v) is 2.43. The molecule has 1 fully saturated rings. The van der Waals surface area contributed by atoms with Gasteiger partial charge in [-0.15, -0.1) is 0 Å². The highest BCUT2D eigenvalue weighted by Crippen LogP contribution is 2.27. The molecule has 1 saturated carbocycles. The molecule has 3 nitrogen and oxygen atoms in total. The number of aliphatic imine (C=N–C) groups is 1. The monoisotopic (exact) mass is 227 g/mol. The molecule has 0 spiro atoms. The van der Waals surface area contributed by atoms with Gasteiger partial charge in [-0.2, -0.15) is 4.99 Å². The minimum absolute atomic E-state index is 0.556. The maximum Gasteiger partial charge on any atom is 0.433 e. The van der Waals surface area contributed by atoms with Gasteiger partial charge in [-0.1, -0.05) is 30.0 Å². The molecule has 0 heterocycles. The molecule has 0 aliphatic heterocycles. The number of ether oxygens (including phenoxy) is 1. The lowest BCUT2D eigenvalue weighted by Gasteiger charge is -1.96. The maximum atomic E-state index is 10.9. The predicted octanol–water partition coefficient (Wildman–Crippen LogP) is 2.63. The SMILES string of the molecule is COC(=O)/N=C/c1ccccc1C#CC1CC1. The molecule has 1 aliphatic rings. The van der Waals surface area contributed by atoms with Gasteiger partial charge in [-0.05, 0) is 18.9 Å². The van der Waals surface area contributed by atoms with Gasteiger partial charge in [0.1, 0.15) is 0 Å². The predicted molar refractivity (Wildman–Crippen MR) is 66.0 cm³/mol. The Hall–Kier alpha value is -2.08. The highest BCUT2D eigenvalue weighted by atomic mass is 16.5. The molecule has 0 unspecified atom stereocenters. The summed E-state index contributed by atoms with van der Waals surface area (Å²) >= 11 is 0. The van der Waals surface area contributed by atoms with Crippen LogP contribution in [-0.4, -0.2) is 19.4 Å².